The van der Waals surface area contributed by atoms with Crippen LogP contribution in [0.1, 0.15) is 18.4 Å². The lowest BCUT2D eigenvalue weighted by Gasteiger charge is -2.50. The average Bonchev–Trinajstić information content (AvgIpc) is 2.77. The van der Waals surface area contributed by atoms with Crippen molar-refractivity contribution in [1.82, 2.24) is 4.90 Å². The summed E-state index contributed by atoms with van der Waals surface area (Å²) in [6, 6.07) is 7.65. The first-order chi connectivity index (χ1) is 11.0. The van der Waals surface area contributed by atoms with Crippen molar-refractivity contribution in [3.8, 4) is 0 Å². The quantitative estimate of drug-likeness (QED) is 0.810. The number of benzene rings is 1. The van der Waals surface area contributed by atoms with Gasteiger partial charge in [-0.1, -0.05) is 52.4 Å². The van der Waals surface area contributed by atoms with Gasteiger partial charge in [0, 0.05) is 17.3 Å². The lowest BCUT2D eigenvalue weighted by atomic mass is 9.68. The summed E-state index contributed by atoms with van der Waals surface area (Å²) >= 11 is 3.41. The molecule has 0 radical (unpaired) electrons. The van der Waals surface area contributed by atoms with Crippen LogP contribution in [-0.2, 0) is 15.1 Å². The van der Waals surface area contributed by atoms with Crippen molar-refractivity contribution in [2.75, 3.05) is 0 Å². The first-order valence-corrected chi connectivity index (χ1v) is 8.49. The Morgan fingerprint density at radius 3 is 2.00 bits per heavy atom. The summed E-state index contributed by atoms with van der Waals surface area (Å²) in [5.41, 5.74) is 0.187. The third-order valence-corrected chi connectivity index (χ3v) is 5.63. The highest BCUT2D eigenvalue weighted by Crippen LogP contribution is 2.51. The second-order valence-corrected chi connectivity index (χ2v) is 7.35. The summed E-state index contributed by atoms with van der Waals surface area (Å²) in [4.78, 5) is 27.1. The van der Waals surface area contributed by atoms with E-state index in [1.807, 2.05) is 36.4 Å². The van der Waals surface area contributed by atoms with Crippen molar-refractivity contribution in [3.05, 3.63) is 58.6 Å². The summed E-state index contributed by atoms with van der Waals surface area (Å²) in [7, 11) is 0. The molecule has 0 bridgehead atoms. The van der Waals surface area contributed by atoms with Gasteiger partial charge in [-0.05, 0) is 17.7 Å². The lowest BCUT2D eigenvalue weighted by Crippen LogP contribution is -2.59. The van der Waals surface area contributed by atoms with Crippen LogP contribution in [0.5, 0.6) is 0 Å². The van der Waals surface area contributed by atoms with Gasteiger partial charge < -0.3 is 5.11 Å². The third kappa shape index (κ3) is 2.07. The van der Waals surface area contributed by atoms with E-state index in [0.717, 1.165) is 10.0 Å². The smallest absolute Gasteiger partial charge is 0.238 e. The lowest BCUT2D eigenvalue weighted by molar-refractivity contribution is -0.158. The molecule has 118 valence electrons. The van der Waals surface area contributed by atoms with E-state index >= 15 is 0 Å². The highest BCUT2D eigenvalue weighted by molar-refractivity contribution is 9.10. The Hall–Kier alpha value is -1.72. The van der Waals surface area contributed by atoms with E-state index in [4.69, 9.17) is 0 Å². The number of fused-ring (bicyclic) bond motifs is 1. The van der Waals surface area contributed by atoms with Gasteiger partial charge in [-0.25, -0.2) is 0 Å². The van der Waals surface area contributed by atoms with Crippen LogP contribution in [0.3, 0.4) is 0 Å². The number of nitrogens with zero attached hydrogens (tertiary/aromatic N) is 1. The summed E-state index contributed by atoms with van der Waals surface area (Å²) in [5, 5.41) is 9.90. The summed E-state index contributed by atoms with van der Waals surface area (Å²) in [6.07, 6.45) is 7.56. The monoisotopic (exact) mass is 373 g/mol. The number of aliphatic hydroxyl groups excluding tert-OH is 1. The molecule has 4 nitrogen and oxygen atoms in total. The number of halogens is 1. The van der Waals surface area contributed by atoms with Crippen LogP contribution in [0.2, 0.25) is 0 Å². The molecule has 1 aromatic rings. The second kappa shape index (κ2) is 5.14. The zero-order valence-corrected chi connectivity index (χ0v) is 13.9. The Bertz CT molecular complexity index is 701. The molecule has 2 atom stereocenters. The molecule has 2 aliphatic carbocycles. The largest absolute Gasteiger partial charge is 0.393 e. The minimum absolute atomic E-state index is 0.157. The Balaban J connectivity index is 1.78. The fourth-order valence-electron chi connectivity index (χ4n) is 3.93. The Labute approximate surface area is 142 Å². The number of imide groups is 1. The molecule has 0 aromatic heterocycles. The van der Waals surface area contributed by atoms with E-state index in [1.165, 1.54) is 4.90 Å². The normalized spacial score (nSPS) is 35.4. The molecule has 4 rings (SSSR count). The molecule has 5 heteroatoms. The van der Waals surface area contributed by atoms with Crippen LogP contribution in [0.4, 0.5) is 0 Å². The number of hydrogen-bond donors (Lipinski definition) is 1. The van der Waals surface area contributed by atoms with Crippen LogP contribution in [0, 0.1) is 11.8 Å². The summed E-state index contributed by atoms with van der Waals surface area (Å²) in [5.74, 6) is -1.12. The predicted molar refractivity (Wildman–Crippen MR) is 88.2 cm³/mol. The maximum atomic E-state index is 12.9. The van der Waals surface area contributed by atoms with Crippen LogP contribution >= 0.6 is 15.9 Å². The van der Waals surface area contributed by atoms with Gasteiger partial charge in [0.25, 0.3) is 0 Å². The second-order valence-electron chi connectivity index (χ2n) is 6.43. The van der Waals surface area contributed by atoms with Crippen LogP contribution in [0.15, 0.2) is 53.0 Å². The third-order valence-electron chi connectivity index (χ3n) is 5.10. The molecule has 2 amide bonds. The number of carbonyl (C=O) groups excluding carboxylic acids is 2. The Morgan fingerprint density at radius 2 is 1.52 bits per heavy atom. The summed E-state index contributed by atoms with van der Waals surface area (Å²) < 4.78 is 0.940. The molecular weight excluding hydrogens is 358 g/mol. The number of carbonyl (C=O) groups is 2. The molecule has 2 fully saturated rings. The van der Waals surface area contributed by atoms with E-state index in [0.29, 0.717) is 12.8 Å². The molecule has 1 saturated heterocycles. The standard InChI is InChI=1S/C18H16BrNO3/c19-12-7-5-11(6-8-12)18(9-13(21)10-18)20-16(22)14-3-1-2-4-15(14)17(20)23/h1-8,13-15,21H,9-10H2. The molecule has 1 heterocycles. The van der Waals surface area contributed by atoms with Gasteiger partial charge in [0.15, 0.2) is 0 Å². The van der Waals surface area contributed by atoms with Crippen LogP contribution in [0.25, 0.3) is 0 Å². The first kappa shape index (κ1) is 14.8. The molecular formula is C18H16BrNO3. The fraction of sp³-hybridized carbons (Fsp3) is 0.333. The minimum Gasteiger partial charge on any atom is -0.393 e. The highest BCUT2D eigenvalue weighted by Gasteiger charge is 2.59. The number of likely N-dealkylation sites (tertiary alicyclic amines) is 1. The average molecular weight is 374 g/mol. The SMILES string of the molecule is O=C1C2C=CC=CC2C(=O)N1C1(c2ccc(Br)cc2)CC(O)C1. The zero-order valence-electron chi connectivity index (χ0n) is 12.4. The van der Waals surface area contributed by atoms with E-state index < -0.39 is 23.5 Å². The molecule has 1 aliphatic heterocycles. The molecule has 2 unspecified atom stereocenters. The van der Waals surface area contributed by atoms with Gasteiger partial charge in [0.1, 0.15) is 0 Å². The molecule has 23 heavy (non-hydrogen) atoms. The topological polar surface area (TPSA) is 57.6 Å². The van der Waals surface area contributed by atoms with Crippen molar-refractivity contribution in [2.45, 2.75) is 24.5 Å². The number of allylic oxidation sites excluding steroid dienone is 2. The van der Waals surface area contributed by atoms with E-state index in [1.54, 1.807) is 12.2 Å². The molecule has 1 saturated carbocycles. The maximum Gasteiger partial charge on any atom is 0.238 e. The highest BCUT2D eigenvalue weighted by atomic mass is 79.9. The van der Waals surface area contributed by atoms with Crippen molar-refractivity contribution >= 4 is 27.7 Å². The number of rotatable bonds is 2. The van der Waals surface area contributed by atoms with Gasteiger partial charge in [-0.15, -0.1) is 0 Å². The predicted octanol–water partition coefficient (Wildman–Crippen LogP) is 2.53. The first-order valence-electron chi connectivity index (χ1n) is 7.70. The van der Waals surface area contributed by atoms with Crippen molar-refractivity contribution in [3.63, 3.8) is 0 Å². The molecule has 0 spiro atoms. The number of hydrogen-bond acceptors (Lipinski definition) is 3. The van der Waals surface area contributed by atoms with Crippen LogP contribution < -0.4 is 0 Å². The van der Waals surface area contributed by atoms with E-state index in [9.17, 15) is 14.7 Å². The van der Waals surface area contributed by atoms with Gasteiger partial charge in [0.2, 0.25) is 11.8 Å². The molecule has 1 aromatic carbocycles. The van der Waals surface area contributed by atoms with Gasteiger partial charge in [-0.2, -0.15) is 0 Å². The van der Waals surface area contributed by atoms with Crippen molar-refractivity contribution in [1.29, 1.82) is 0 Å². The maximum absolute atomic E-state index is 12.9. The van der Waals surface area contributed by atoms with E-state index in [-0.39, 0.29) is 11.8 Å². The molecule has 3 aliphatic rings. The number of aliphatic hydroxyl groups is 1. The van der Waals surface area contributed by atoms with Gasteiger partial charge in [0.05, 0.1) is 23.5 Å². The van der Waals surface area contributed by atoms with Crippen molar-refractivity contribution < 1.29 is 14.7 Å². The Kier molecular flexibility index (Phi) is 3.32. The zero-order chi connectivity index (χ0) is 16.2. The molecule has 1 N–H and O–H groups in total. The van der Waals surface area contributed by atoms with E-state index in [2.05, 4.69) is 15.9 Å². The minimum atomic E-state index is -0.715. The number of amides is 2. The van der Waals surface area contributed by atoms with Gasteiger partial charge >= 0.3 is 0 Å². The summed E-state index contributed by atoms with van der Waals surface area (Å²) in [6.45, 7) is 0. The van der Waals surface area contributed by atoms with Crippen LogP contribution in [-0.4, -0.2) is 27.9 Å². The van der Waals surface area contributed by atoms with Gasteiger partial charge in [-0.3, -0.25) is 14.5 Å². The Morgan fingerprint density at radius 1 is 1.00 bits per heavy atom. The van der Waals surface area contributed by atoms with Crippen molar-refractivity contribution in [2.24, 2.45) is 11.8 Å². The fourth-order valence-corrected chi connectivity index (χ4v) is 4.20.